The van der Waals surface area contributed by atoms with Crippen LogP contribution in [-0.2, 0) is 6.42 Å². The molecule has 1 aromatic heterocycles. The standard InChI is InChI=1S/C15H17BrFNS/c1-3-18-15(8-12-7-11(16)9-19-12)13-5-4-10(2)6-14(13)17/h4-7,9,15,18H,3,8H2,1-2H3. The van der Waals surface area contributed by atoms with E-state index in [9.17, 15) is 4.39 Å². The Bertz CT molecular complexity index is 553. The maximum absolute atomic E-state index is 14.1. The molecule has 0 bridgehead atoms. The quantitative estimate of drug-likeness (QED) is 0.819. The number of halogens is 2. The molecular weight excluding hydrogens is 325 g/mol. The second-order valence-electron chi connectivity index (χ2n) is 4.57. The lowest BCUT2D eigenvalue weighted by molar-refractivity contribution is 0.512. The third-order valence-electron chi connectivity index (χ3n) is 3.01. The Morgan fingerprint density at radius 1 is 1.37 bits per heavy atom. The van der Waals surface area contributed by atoms with E-state index in [1.165, 1.54) is 4.88 Å². The molecule has 2 aromatic rings. The highest BCUT2D eigenvalue weighted by Crippen LogP contribution is 2.27. The van der Waals surface area contributed by atoms with E-state index < -0.39 is 0 Å². The van der Waals surface area contributed by atoms with Gasteiger partial charge in [0.15, 0.2) is 0 Å². The number of aryl methyl sites for hydroxylation is 1. The first-order valence-corrected chi connectivity index (χ1v) is 7.99. The first-order valence-electron chi connectivity index (χ1n) is 6.32. The summed E-state index contributed by atoms with van der Waals surface area (Å²) in [5.74, 6) is -0.124. The number of benzene rings is 1. The van der Waals surface area contributed by atoms with Crippen molar-refractivity contribution in [3.8, 4) is 0 Å². The maximum atomic E-state index is 14.1. The smallest absolute Gasteiger partial charge is 0.128 e. The van der Waals surface area contributed by atoms with Crippen molar-refractivity contribution in [3.05, 3.63) is 55.9 Å². The minimum absolute atomic E-state index is 0.0242. The summed E-state index contributed by atoms with van der Waals surface area (Å²) < 4.78 is 15.2. The molecule has 1 N–H and O–H groups in total. The van der Waals surface area contributed by atoms with Crippen LogP contribution in [0.5, 0.6) is 0 Å². The average Bonchev–Trinajstić information content (AvgIpc) is 2.74. The van der Waals surface area contributed by atoms with Crippen LogP contribution in [0, 0.1) is 12.7 Å². The molecule has 0 aliphatic heterocycles. The molecule has 1 nitrogen and oxygen atoms in total. The maximum Gasteiger partial charge on any atom is 0.128 e. The van der Waals surface area contributed by atoms with Crippen LogP contribution >= 0.6 is 27.3 Å². The highest BCUT2D eigenvalue weighted by atomic mass is 79.9. The fourth-order valence-electron chi connectivity index (χ4n) is 2.12. The molecule has 102 valence electrons. The molecule has 0 saturated heterocycles. The summed E-state index contributed by atoms with van der Waals surface area (Å²) in [7, 11) is 0. The van der Waals surface area contributed by atoms with Crippen LogP contribution in [0.3, 0.4) is 0 Å². The van der Waals surface area contributed by atoms with E-state index in [1.807, 2.05) is 26.0 Å². The molecule has 1 heterocycles. The molecule has 0 amide bonds. The van der Waals surface area contributed by atoms with Crippen LogP contribution in [0.2, 0.25) is 0 Å². The van der Waals surface area contributed by atoms with Gasteiger partial charge in [-0.25, -0.2) is 4.39 Å². The molecule has 0 aliphatic carbocycles. The topological polar surface area (TPSA) is 12.0 Å². The Hall–Kier alpha value is -0.710. The zero-order valence-corrected chi connectivity index (χ0v) is 13.4. The lowest BCUT2D eigenvalue weighted by atomic mass is 10.0. The summed E-state index contributed by atoms with van der Waals surface area (Å²) in [6.45, 7) is 4.78. The van der Waals surface area contributed by atoms with Gasteiger partial charge < -0.3 is 5.32 Å². The van der Waals surface area contributed by atoms with E-state index >= 15 is 0 Å². The highest BCUT2D eigenvalue weighted by Gasteiger charge is 2.16. The largest absolute Gasteiger partial charge is 0.310 e. The second-order valence-corrected chi connectivity index (χ2v) is 6.48. The molecule has 1 atom stereocenters. The van der Waals surface area contributed by atoms with Crippen LogP contribution in [0.4, 0.5) is 4.39 Å². The molecule has 2 rings (SSSR count). The van der Waals surface area contributed by atoms with Crippen molar-refractivity contribution >= 4 is 27.3 Å². The third-order valence-corrected chi connectivity index (χ3v) is 4.73. The van der Waals surface area contributed by atoms with Gasteiger partial charge in [-0.2, -0.15) is 0 Å². The SMILES string of the molecule is CCNC(Cc1cc(Br)cs1)c1ccc(C)cc1F. The summed E-state index contributed by atoms with van der Waals surface area (Å²) >= 11 is 5.16. The van der Waals surface area contributed by atoms with Crippen LogP contribution in [-0.4, -0.2) is 6.54 Å². The predicted molar refractivity (Wildman–Crippen MR) is 83.3 cm³/mol. The third kappa shape index (κ3) is 3.88. The second kappa shape index (κ2) is 6.64. The van der Waals surface area contributed by atoms with Crippen molar-refractivity contribution in [2.75, 3.05) is 6.54 Å². The van der Waals surface area contributed by atoms with Gasteiger partial charge in [-0.1, -0.05) is 19.1 Å². The molecule has 1 unspecified atom stereocenters. The average molecular weight is 342 g/mol. The van der Waals surface area contributed by atoms with Gasteiger partial charge in [-0.3, -0.25) is 0 Å². The molecule has 0 spiro atoms. The Kier molecular flexibility index (Phi) is 5.13. The number of rotatable bonds is 5. The Morgan fingerprint density at radius 2 is 2.16 bits per heavy atom. The Balaban J connectivity index is 2.23. The first kappa shape index (κ1) is 14.7. The van der Waals surface area contributed by atoms with Crippen molar-refractivity contribution in [3.63, 3.8) is 0 Å². The summed E-state index contributed by atoms with van der Waals surface area (Å²) in [4.78, 5) is 1.25. The van der Waals surface area contributed by atoms with Gasteiger partial charge in [0.2, 0.25) is 0 Å². The van der Waals surface area contributed by atoms with Crippen molar-refractivity contribution in [1.29, 1.82) is 0 Å². The van der Waals surface area contributed by atoms with Gasteiger partial charge in [0.25, 0.3) is 0 Å². The molecule has 0 radical (unpaired) electrons. The van der Waals surface area contributed by atoms with Crippen molar-refractivity contribution < 1.29 is 4.39 Å². The molecule has 1 aromatic carbocycles. The van der Waals surface area contributed by atoms with E-state index in [0.29, 0.717) is 0 Å². The summed E-state index contributed by atoms with van der Waals surface area (Å²) in [5.41, 5.74) is 1.70. The molecule has 19 heavy (non-hydrogen) atoms. The highest BCUT2D eigenvalue weighted by molar-refractivity contribution is 9.10. The van der Waals surface area contributed by atoms with Gasteiger partial charge in [0, 0.05) is 32.8 Å². The Morgan fingerprint density at radius 3 is 2.74 bits per heavy atom. The van der Waals surface area contributed by atoms with Crippen LogP contribution < -0.4 is 5.32 Å². The summed E-state index contributed by atoms with van der Waals surface area (Å²) in [6, 6.07) is 7.58. The van der Waals surface area contributed by atoms with E-state index in [2.05, 4.69) is 32.7 Å². The molecule has 0 fully saturated rings. The Labute approximate surface area is 126 Å². The minimum atomic E-state index is -0.124. The van der Waals surface area contributed by atoms with Gasteiger partial charge in [-0.05, 0) is 47.1 Å². The number of likely N-dealkylation sites (N-methyl/N-ethyl adjacent to an activating group) is 1. The summed E-state index contributed by atoms with van der Waals surface area (Å²) in [6.07, 6.45) is 0.810. The number of thiophene rings is 1. The van der Waals surface area contributed by atoms with Gasteiger partial charge in [0.05, 0.1) is 0 Å². The lowest BCUT2D eigenvalue weighted by Crippen LogP contribution is -2.23. The normalized spacial score (nSPS) is 12.6. The lowest BCUT2D eigenvalue weighted by Gasteiger charge is -2.18. The molecule has 0 aliphatic rings. The zero-order valence-electron chi connectivity index (χ0n) is 11.0. The van der Waals surface area contributed by atoms with Crippen molar-refractivity contribution in [2.24, 2.45) is 0 Å². The van der Waals surface area contributed by atoms with Gasteiger partial charge in [-0.15, -0.1) is 11.3 Å². The van der Waals surface area contributed by atoms with Crippen LogP contribution in [0.15, 0.2) is 34.1 Å². The number of nitrogens with one attached hydrogen (secondary N) is 1. The van der Waals surface area contributed by atoms with Crippen LogP contribution in [0.1, 0.15) is 29.0 Å². The van der Waals surface area contributed by atoms with E-state index in [4.69, 9.17) is 0 Å². The molecular formula is C15H17BrFNS. The molecule has 0 saturated carbocycles. The van der Waals surface area contributed by atoms with Crippen molar-refractivity contribution in [2.45, 2.75) is 26.3 Å². The fraction of sp³-hybridized carbons (Fsp3) is 0.333. The number of hydrogen-bond acceptors (Lipinski definition) is 2. The zero-order chi connectivity index (χ0) is 13.8. The van der Waals surface area contributed by atoms with Gasteiger partial charge >= 0.3 is 0 Å². The van der Waals surface area contributed by atoms with E-state index in [-0.39, 0.29) is 11.9 Å². The van der Waals surface area contributed by atoms with E-state index in [1.54, 1.807) is 17.4 Å². The summed E-state index contributed by atoms with van der Waals surface area (Å²) in [5, 5.41) is 5.43. The number of hydrogen-bond donors (Lipinski definition) is 1. The monoisotopic (exact) mass is 341 g/mol. The van der Waals surface area contributed by atoms with Crippen LogP contribution in [0.25, 0.3) is 0 Å². The minimum Gasteiger partial charge on any atom is -0.310 e. The van der Waals surface area contributed by atoms with Crippen molar-refractivity contribution in [1.82, 2.24) is 5.32 Å². The predicted octanol–water partition coefficient (Wildman–Crippen LogP) is 4.85. The fourth-order valence-corrected chi connectivity index (χ4v) is 3.61. The first-order chi connectivity index (χ1) is 9.10. The molecule has 4 heteroatoms. The van der Waals surface area contributed by atoms with E-state index in [0.717, 1.165) is 28.6 Å². The van der Waals surface area contributed by atoms with Gasteiger partial charge in [0.1, 0.15) is 5.82 Å².